The van der Waals surface area contributed by atoms with Crippen molar-refractivity contribution in [2.45, 2.75) is 12.5 Å². The quantitative estimate of drug-likeness (QED) is 0.727. The minimum absolute atomic E-state index is 0.318. The van der Waals surface area contributed by atoms with E-state index in [1.807, 2.05) is 12.1 Å². The van der Waals surface area contributed by atoms with E-state index in [4.69, 9.17) is 16.3 Å². The van der Waals surface area contributed by atoms with E-state index in [0.29, 0.717) is 18.3 Å². The molecule has 1 aromatic heterocycles. The van der Waals surface area contributed by atoms with Crippen molar-refractivity contribution in [2.75, 3.05) is 0 Å². The molecule has 0 aliphatic rings. The molecule has 0 fully saturated rings. The average Bonchev–Trinajstić information content (AvgIpc) is 2.38. The summed E-state index contributed by atoms with van der Waals surface area (Å²) >= 11 is 12.7. The topological polar surface area (TPSA) is 35.0 Å². The Morgan fingerprint density at radius 3 is 2.28 bits per heavy atom. The molecule has 0 aliphatic carbocycles. The van der Waals surface area contributed by atoms with Gasteiger partial charge >= 0.3 is 0 Å². The van der Waals surface area contributed by atoms with Crippen LogP contribution in [0.2, 0.25) is 0 Å². The molecule has 0 saturated heterocycles. The predicted octanol–water partition coefficient (Wildman–Crippen LogP) is 4.32. The number of benzene rings is 1. The van der Waals surface area contributed by atoms with Gasteiger partial charge in [0, 0.05) is 18.3 Å². The van der Waals surface area contributed by atoms with E-state index in [9.17, 15) is 0 Å². The fourth-order valence-corrected chi connectivity index (χ4v) is 3.03. The summed E-state index contributed by atoms with van der Waals surface area (Å²) in [6, 6.07) is 5.63. The number of hydrogen-bond acceptors (Lipinski definition) is 3. The Morgan fingerprint density at radius 2 is 1.72 bits per heavy atom. The van der Waals surface area contributed by atoms with Crippen molar-refractivity contribution in [2.24, 2.45) is 0 Å². The van der Waals surface area contributed by atoms with Crippen LogP contribution in [0, 0.1) is 0 Å². The molecule has 0 radical (unpaired) electrons. The standard InChI is InChI=1S/C12H9Br2ClN2O/c13-9-4-8(6-15)5-10(14)12(9)18-7-11-16-2-1-3-17-11/h1-5H,6-7H2. The highest BCUT2D eigenvalue weighted by Gasteiger charge is 2.09. The lowest BCUT2D eigenvalue weighted by Crippen LogP contribution is -2.01. The van der Waals surface area contributed by atoms with Crippen molar-refractivity contribution in [1.82, 2.24) is 9.97 Å². The van der Waals surface area contributed by atoms with Crippen molar-refractivity contribution in [3.05, 3.63) is 50.9 Å². The van der Waals surface area contributed by atoms with Gasteiger partial charge < -0.3 is 4.74 Å². The monoisotopic (exact) mass is 390 g/mol. The number of nitrogens with zero attached hydrogens (tertiary/aromatic N) is 2. The summed E-state index contributed by atoms with van der Waals surface area (Å²) in [5.74, 6) is 1.81. The minimum atomic E-state index is 0.318. The van der Waals surface area contributed by atoms with Crippen LogP contribution in [0.15, 0.2) is 39.5 Å². The molecule has 1 heterocycles. The van der Waals surface area contributed by atoms with Crippen molar-refractivity contribution in [3.8, 4) is 5.75 Å². The normalized spacial score (nSPS) is 10.4. The van der Waals surface area contributed by atoms with Crippen LogP contribution in [0.5, 0.6) is 5.75 Å². The van der Waals surface area contributed by atoms with Crippen LogP contribution in [-0.2, 0) is 12.5 Å². The number of rotatable bonds is 4. The second-order valence-corrected chi connectivity index (χ2v) is 5.45. The van der Waals surface area contributed by atoms with E-state index >= 15 is 0 Å². The second kappa shape index (κ2) is 6.50. The highest BCUT2D eigenvalue weighted by Crippen LogP contribution is 2.35. The summed E-state index contributed by atoms with van der Waals surface area (Å²) in [6.07, 6.45) is 3.37. The van der Waals surface area contributed by atoms with Gasteiger partial charge in [0.1, 0.15) is 12.4 Å². The Kier molecular flexibility index (Phi) is 4.97. The number of halogens is 3. The first-order valence-corrected chi connectivity index (χ1v) is 7.25. The van der Waals surface area contributed by atoms with Gasteiger partial charge in [-0.15, -0.1) is 11.6 Å². The molecule has 2 aromatic rings. The molecule has 0 N–H and O–H groups in total. The molecule has 6 heteroatoms. The maximum absolute atomic E-state index is 5.79. The molecule has 94 valence electrons. The highest BCUT2D eigenvalue weighted by molar-refractivity contribution is 9.11. The van der Waals surface area contributed by atoms with Crippen LogP contribution in [0.25, 0.3) is 0 Å². The van der Waals surface area contributed by atoms with E-state index < -0.39 is 0 Å². The van der Waals surface area contributed by atoms with Crippen LogP contribution in [0.1, 0.15) is 11.4 Å². The molecule has 0 aliphatic heterocycles. The van der Waals surface area contributed by atoms with E-state index in [2.05, 4.69) is 41.8 Å². The van der Waals surface area contributed by atoms with E-state index in [1.54, 1.807) is 18.5 Å². The Bertz CT molecular complexity index is 514. The largest absolute Gasteiger partial charge is 0.483 e. The van der Waals surface area contributed by atoms with Gasteiger partial charge in [0.15, 0.2) is 5.82 Å². The van der Waals surface area contributed by atoms with Crippen LogP contribution in [0.4, 0.5) is 0 Å². The van der Waals surface area contributed by atoms with Crippen LogP contribution < -0.4 is 4.74 Å². The Labute approximate surface area is 127 Å². The van der Waals surface area contributed by atoms with Crippen molar-refractivity contribution < 1.29 is 4.74 Å². The van der Waals surface area contributed by atoms with Crippen LogP contribution in [0.3, 0.4) is 0 Å². The third-order valence-electron chi connectivity index (χ3n) is 2.18. The summed E-state index contributed by atoms with van der Waals surface area (Å²) in [4.78, 5) is 8.20. The molecular formula is C12H9Br2ClN2O. The molecule has 18 heavy (non-hydrogen) atoms. The molecule has 2 rings (SSSR count). The van der Waals surface area contributed by atoms with Gasteiger partial charge in [0.05, 0.1) is 8.95 Å². The lowest BCUT2D eigenvalue weighted by atomic mass is 10.2. The van der Waals surface area contributed by atoms with Crippen LogP contribution in [-0.4, -0.2) is 9.97 Å². The Hall–Kier alpha value is -0.650. The van der Waals surface area contributed by atoms with E-state index in [1.165, 1.54) is 0 Å². The third kappa shape index (κ3) is 3.43. The fraction of sp³-hybridized carbons (Fsp3) is 0.167. The number of aromatic nitrogens is 2. The summed E-state index contributed by atoms with van der Waals surface area (Å²) < 4.78 is 7.39. The SMILES string of the molecule is ClCc1cc(Br)c(OCc2ncccn2)c(Br)c1. The molecule has 0 spiro atoms. The molecular weight excluding hydrogens is 383 g/mol. The molecule has 0 bridgehead atoms. The zero-order valence-electron chi connectivity index (χ0n) is 9.24. The first-order valence-electron chi connectivity index (χ1n) is 5.13. The average molecular weight is 392 g/mol. The Morgan fingerprint density at radius 1 is 1.11 bits per heavy atom. The molecule has 0 unspecified atom stereocenters. The summed E-state index contributed by atoms with van der Waals surface area (Å²) in [7, 11) is 0. The van der Waals surface area contributed by atoms with Crippen molar-refractivity contribution >= 4 is 43.5 Å². The minimum Gasteiger partial charge on any atom is -0.483 e. The lowest BCUT2D eigenvalue weighted by molar-refractivity contribution is 0.292. The molecule has 1 aromatic carbocycles. The van der Waals surface area contributed by atoms with Gasteiger partial charge in [-0.25, -0.2) is 9.97 Å². The summed E-state index contributed by atoms with van der Waals surface area (Å²) in [5, 5.41) is 0. The van der Waals surface area contributed by atoms with Gasteiger partial charge in [0.2, 0.25) is 0 Å². The number of ether oxygens (including phenoxy) is 1. The first kappa shape index (κ1) is 13.8. The number of hydrogen-bond donors (Lipinski definition) is 0. The fourth-order valence-electron chi connectivity index (χ4n) is 1.37. The number of alkyl halides is 1. The van der Waals surface area contributed by atoms with Crippen molar-refractivity contribution in [3.63, 3.8) is 0 Å². The maximum Gasteiger partial charge on any atom is 0.166 e. The summed E-state index contributed by atoms with van der Waals surface area (Å²) in [6.45, 7) is 0.318. The van der Waals surface area contributed by atoms with Gasteiger partial charge in [-0.05, 0) is 55.6 Å². The van der Waals surface area contributed by atoms with Gasteiger partial charge in [-0.3, -0.25) is 0 Å². The van der Waals surface area contributed by atoms with Crippen molar-refractivity contribution in [1.29, 1.82) is 0 Å². The Balaban J connectivity index is 2.15. The first-order chi connectivity index (χ1) is 8.70. The van der Waals surface area contributed by atoms with E-state index in [0.717, 1.165) is 20.3 Å². The summed E-state index contributed by atoms with van der Waals surface area (Å²) in [5.41, 5.74) is 1.01. The zero-order chi connectivity index (χ0) is 13.0. The smallest absolute Gasteiger partial charge is 0.166 e. The van der Waals surface area contributed by atoms with Gasteiger partial charge in [-0.2, -0.15) is 0 Å². The predicted molar refractivity (Wildman–Crippen MR) is 77.8 cm³/mol. The highest BCUT2D eigenvalue weighted by atomic mass is 79.9. The third-order valence-corrected chi connectivity index (χ3v) is 3.66. The van der Waals surface area contributed by atoms with Crippen LogP contribution >= 0.6 is 43.5 Å². The van der Waals surface area contributed by atoms with Gasteiger partial charge in [0.25, 0.3) is 0 Å². The second-order valence-electron chi connectivity index (χ2n) is 3.48. The van der Waals surface area contributed by atoms with Gasteiger partial charge in [-0.1, -0.05) is 0 Å². The molecule has 3 nitrogen and oxygen atoms in total. The molecule has 0 saturated carbocycles. The van der Waals surface area contributed by atoms with E-state index in [-0.39, 0.29) is 0 Å². The zero-order valence-corrected chi connectivity index (χ0v) is 13.2. The maximum atomic E-state index is 5.79. The molecule has 0 amide bonds. The molecule has 0 atom stereocenters. The lowest BCUT2D eigenvalue weighted by Gasteiger charge is -2.10.